The first-order valence-electron chi connectivity index (χ1n) is 8.51. The first kappa shape index (κ1) is 17.3. The number of aromatic nitrogens is 3. The van der Waals surface area contributed by atoms with Gasteiger partial charge in [-0.2, -0.15) is 5.10 Å². The van der Waals surface area contributed by atoms with Crippen molar-refractivity contribution >= 4 is 23.1 Å². The number of aryl methyl sites for hydroxylation is 2. The fourth-order valence-electron chi connectivity index (χ4n) is 2.78. The molecule has 9 heteroatoms. The van der Waals surface area contributed by atoms with Gasteiger partial charge in [0.25, 0.3) is 0 Å². The van der Waals surface area contributed by atoms with Crippen molar-refractivity contribution in [2.24, 2.45) is 0 Å². The zero-order valence-corrected chi connectivity index (χ0v) is 15.8. The molecule has 2 amide bonds. The first-order chi connectivity index (χ1) is 13.1. The van der Waals surface area contributed by atoms with Gasteiger partial charge in [0.1, 0.15) is 0 Å². The summed E-state index contributed by atoms with van der Waals surface area (Å²) in [7, 11) is 0. The topological polar surface area (TPSA) is 90.3 Å². The molecule has 0 aliphatic carbocycles. The van der Waals surface area contributed by atoms with Gasteiger partial charge in [-0.25, -0.2) is 14.5 Å². The summed E-state index contributed by atoms with van der Waals surface area (Å²) in [5.41, 5.74) is 3.59. The summed E-state index contributed by atoms with van der Waals surface area (Å²) < 4.78 is 12.4. The molecule has 1 aromatic carbocycles. The van der Waals surface area contributed by atoms with E-state index < -0.39 is 0 Å². The van der Waals surface area contributed by atoms with Gasteiger partial charge in [-0.3, -0.25) is 0 Å². The van der Waals surface area contributed by atoms with Crippen molar-refractivity contribution in [1.82, 2.24) is 20.1 Å². The maximum atomic E-state index is 12.1. The number of ether oxygens (including phenoxy) is 2. The lowest BCUT2D eigenvalue weighted by Gasteiger charge is -2.07. The van der Waals surface area contributed by atoms with Crippen molar-refractivity contribution in [2.45, 2.75) is 20.3 Å². The molecule has 2 N–H and O–H groups in total. The van der Waals surface area contributed by atoms with E-state index in [2.05, 4.69) is 20.7 Å². The number of thiazole rings is 1. The highest BCUT2D eigenvalue weighted by molar-refractivity contribution is 7.12. The Balaban J connectivity index is 1.28. The third kappa shape index (κ3) is 3.87. The molecule has 3 heterocycles. The maximum Gasteiger partial charge on any atom is 0.319 e. The number of hydrogen-bond acceptors (Lipinski definition) is 6. The minimum absolute atomic E-state index is 0.207. The average molecular weight is 385 g/mol. The van der Waals surface area contributed by atoms with Gasteiger partial charge in [0.15, 0.2) is 11.5 Å². The van der Waals surface area contributed by atoms with Crippen molar-refractivity contribution in [1.29, 1.82) is 0 Å². The Hall–Kier alpha value is -3.07. The van der Waals surface area contributed by atoms with Crippen LogP contribution in [0.3, 0.4) is 0 Å². The van der Waals surface area contributed by atoms with Gasteiger partial charge < -0.3 is 20.1 Å². The van der Waals surface area contributed by atoms with Crippen molar-refractivity contribution < 1.29 is 14.3 Å². The minimum Gasteiger partial charge on any atom is -0.454 e. The summed E-state index contributed by atoms with van der Waals surface area (Å²) in [4.78, 5) is 16.6. The molecule has 2 aromatic heterocycles. The lowest BCUT2D eigenvalue weighted by atomic mass is 10.3. The predicted molar refractivity (Wildman–Crippen MR) is 102 cm³/mol. The van der Waals surface area contributed by atoms with Crippen LogP contribution in [0.2, 0.25) is 0 Å². The number of carbonyl (C=O) groups is 1. The second-order valence-corrected chi connectivity index (χ2v) is 7.00. The molecule has 0 spiro atoms. The highest BCUT2D eigenvalue weighted by Gasteiger charge is 2.14. The lowest BCUT2D eigenvalue weighted by Crippen LogP contribution is -2.30. The molecule has 0 saturated heterocycles. The Bertz CT molecular complexity index is 981. The first-order valence-corrected chi connectivity index (χ1v) is 9.39. The van der Waals surface area contributed by atoms with Crippen LogP contribution in [0.4, 0.5) is 10.5 Å². The van der Waals surface area contributed by atoms with Crippen LogP contribution >= 0.6 is 11.3 Å². The number of benzene rings is 1. The molecular weight excluding hydrogens is 366 g/mol. The molecule has 0 atom stereocenters. The highest BCUT2D eigenvalue weighted by Crippen LogP contribution is 2.34. The second-order valence-electron chi connectivity index (χ2n) is 6.16. The number of fused-ring (bicyclic) bond motifs is 1. The molecule has 27 heavy (non-hydrogen) atoms. The third-order valence-electron chi connectivity index (χ3n) is 4.03. The Morgan fingerprint density at radius 2 is 2.11 bits per heavy atom. The summed E-state index contributed by atoms with van der Waals surface area (Å²) in [5.74, 6) is 1.31. The molecule has 0 saturated carbocycles. The Morgan fingerprint density at radius 1 is 1.26 bits per heavy atom. The molecular formula is C18H19N5O3S. The summed E-state index contributed by atoms with van der Waals surface area (Å²) in [6, 6.07) is 7.02. The number of carbonyl (C=O) groups excluding carboxylic acids is 1. The molecule has 0 radical (unpaired) electrons. The second kappa shape index (κ2) is 7.28. The number of nitrogens with zero attached hydrogens (tertiary/aromatic N) is 3. The average Bonchev–Trinajstić information content (AvgIpc) is 3.34. The predicted octanol–water partition coefficient (Wildman–Crippen LogP) is 3.04. The molecule has 1 aliphatic rings. The van der Waals surface area contributed by atoms with Crippen molar-refractivity contribution in [3.05, 3.63) is 46.7 Å². The van der Waals surface area contributed by atoms with E-state index in [-0.39, 0.29) is 12.8 Å². The van der Waals surface area contributed by atoms with Crippen LogP contribution in [0, 0.1) is 13.8 Å². The lowest BCUT2D eigenvalue weighted by molar-refractivity contribution is 0.174. The van der Waals surface area contributed by atoms with Crippen LogP contribution < -0.4 is 20.1 Å². The van der Waals surface area contributed by atoms with Gasteiger partial charge in [0.05, 0.1) is 11.4 Å². The van der Waals surface area contributed by atoms with Gasteiger partial charge in [0, 0.05) is 35.8 Å². The van der Waals surface area contributed by atoms with Crippen LogP contribution in [-0.2, 0) is 6.42 Å². The summed E-state index contributed by atoms with van der Waals surface area (Å²) >= 11 is 1.54. The molecule has 0 bridgehead atoms. The third-order valence-corrected chi connectivity index (χ3v) is 4.89. The molecule has 3 aromatic rings. The Labute approximate surface area is 160 Å². The van der Waals surface area contributed by atoms with E-state index in [4.69, 9.17) is 9.47 Å². The summed E-state index contributed by atoms with van der Waals surface area (Å²) in [6.45, 7) is 4.65. The zero-order chi connectivity index (χ0) is 18.8. The van der Waals surface area contributed by atoms with Crippen LogP contribution in [0.5, 0.6) is 11.5 Å². The molecule has 0 fully saturated rings. The molecule has 1 aliphatic heterocycles. The fourth-order valence-corrected chi connectivity index (χ4v) is 3.65. The van der Waals surface area contributed by atoms with Gasteiger partial charge in [-0.15, -0.1) is 11.3 Å². The Kier molecular flexibility index (Phi) is 4.68. The normalized spacial score (nSPS) is 12.2. The molecule has 0 unspecified atom stereocenters. The zero-order valence-electron chi connectivity index (χ0n) is 15.0. The number of rotatable bonds is 5. The van der Waals surface area contributed by atoms with E-state index in [9.17, 15) is 4.79 Å². The van der Waals surface area contributed by atoms with Crippen LogP contribution in [0.1, 0.15) is 17.1 Å². The number of anilines is 1. The van der Waals surface area contributed by atoms with Crippen LogP contribution in [-0.4, -0.2) is 34.1 Å². The van der Waals surface area contributed by atoms with Crippen molar-refractivity contribution in [2.75, 3.05) is 18.7 Å². The van der Waals surface area contributed by atoms with Gasteiger partial charge >= 0.3 is 6.03 Å². The van der Waals surface area contributed by atoms with Gasteiger partial charge in [-0.05, 0) is 32.0 Å². The highest BCUT2D eigenvalue weighted by atomic mass is 32.1. The molecule has 140 valence electrons. The number of nitrogens with one attached hydrogen (secondary N) is 2. The fraction of sp³-hybridized carbons (Fsp3) is 0.278. The summed E-state index contributed by atoms with van der Waals surface area (Å²) in [6.07, 6.45) is 0.643. The van der Waals surface area contributed by atoms with Crippen LogP contribution in [0.15, 0.2) is 29.6 Å². The van der Waals surface area contributed by atoms with Crippen molar-refractivity contribution in [3.63, 3.8) is 0 Å². The van der Waals surface area contributed by atoms with E-state index in [0.717, 1.165) is 22.2 Å². The number of amides is 2. The number of urea groups is 1. The van der Waals surface area contributed by atoms with E-state index in [0.29, 0.717) is 30.2 Å². The summed E-state index contributed by atoms with van der Waals surface area (Å²) in [5, 5.41) is 12.9. The van der Waals surface area contributed by atoms with E-state index >= 15 is 0 Å². The molecule has 4 rings (SSSR count). The standard InChI is InChI=1S/C18H19N5O3S/c1-11-7-12(2)23(22-11)18-21-14(9-27-18)5-6-19-17(24)20-13-3-4-15-16(8-13)26-10-25-15/h3-4,7-9H,5-6,10H2,1-2H3,(H2,19,20,24). The van der Waals surface area contributed by atoms with Gasteiger partial charge in [-0.1, -0.05) is 0 Å². The minimum atomic E-state index is -0.275. The maximum absolute atomic E-state index is 12.1. The van der Waals surface area contributed by atoms with Crippen molar-refractivity contribution in [3.8, 4) is 16.6 Å². The Morgan fingerprint density at radius 3 is 2.93 bits per heavy atom. The van der Waals surface area contributed by atoms with Gasteiger partial charge in [0.2, 0.25) is 11.9 Å². The van der Waals surface area contributed by atoms with E-state index in [1.165, 1.54) is 11.3 Å². The molecule has 8 nitrogen and oxygen atoms in total. The van der Waals surface area contributed by atoms with Crippen LogP contribution in [0.25, 0.3) is 5.13 Å². The quantitative estimate of drug-likeness (QED) is 0.705. The monoisotopic (exact) mass is 385 g/mol. The largest absolute Gasteiger partial charge is 0.454 e. The van der Waals surface area contributed by atoms with E-state index in [1.54, 1.807) is 18.2 Å². The smallest absolute Gasteiger partial charge is 0.319 e. The number of hydrogen-bond donors (Lipinski definition) is 2. The van der Waals surface area contributed by atoms with E-state index in [1.807, 2.05) is 30.0 Å². The SMILES string of the molecule is Cc1cc(C)n(-c2nc(CCNC(=O)Nc3ccc4c(c3)OCO4)cs2)n1.